The molecule has 1 aliphatic carbocycles. The summed E-state index contributed by atoms with van der Waals surface area (Å²) >= 11 is 0. The highest BCUT2D eigenvalue weighted by Crippen LogP contribution is 2.39. The van der Waals surface area contributed by atoms with Crippen molar-refractivity contribution in [1.29, 1.82) is 0 Å². The number of carbonyl (C=O) groups excluding carboxylic acids is 1. The van der Waals surface area contributed by atoms with Gasteiger partial charge in [0, 0.05) is 10.9 Å². The van der Waals surface area contributed by atoms with Gasteiger partial charge >= 0.3 is 11.6 Å². The van der Waals surface area contributed by atoms with Crippen LogP contribution >= 0.6 is 0 Å². The van der Waals surface area contributed by atoms with Crippen molar-refractivity contribution >= 4 is 16.9 Å². The van der Waals surface area contributed by atoms with Gasteiger partial charge in [0.05, 0.1) is 13.7 Å². The molecule has 25 heavy (non-hydrogen) atoms. The molecular weight excluding hydrogens is 324 g/mol. The molecule has 0 unspecified atom stereocenters. The molecule has 1 aliphatic rings. The first-order chi connectivity index (χ1) is 12.1. The topological polar surface area (TPSA) is 75.0 Å². The monoisotopic (exact) mass is 346 g/mol. The minimum atomic E-state index is -0.846. The van der Waals surface area contributed by atoms with Gasteiger partial charge in [-0.1, -0.05) is 0 Å². The molecule has 3 rings (SSSR count). The molecular formula is C19H22O6. The fourth-order valence-corrected chi connectivity index (χ4v) is 3.22. The van der Waals surface area contributed by atoms with E-state index in [0.29, 0.717) is 11.3 Å². The van der Waals surface area contributed by atoms with Crippen molar-refractivity contribution < 1.29 is 23.4 Å². The lowest BCUT2D eigenvalue weighted by molar-refractivity contribution is -0.150. The lowest BCUT2D eigenvalue weighted by Gasteiger charge is -2.20. The molecule has 1 aromatic carbocycles. The maximum atomic E-state index is 12.4. The van der Waals surface area contributed by atoms with Crippen LogP contribution in [0.15, 0.2) is 21.3 Å². The summed E-state index contributed by atoms with van der Waals surface area (Å²) in [7, 11) is 1.50. The largest absolute Gasteiger partial charge is 0.493 e. The standard InChI is InChI=1S/C19H22O6/c1-4-23-18(20)11(2)24-17-15(22-3)10-9-13-12-7-5-6-8-14(12)19(21)25-16(13)17/h9-11H,4-8H2,1-3H3/t11-/m1/s1. The third-order valence-corrected chi connectivity index (χ3v) is 4.44. The molecule has 1 heterocycles. The van der Waals surface area contributed by atoms with Crippen LogP contribution in [-0.4, -0.2) is 25.8 Å². The van der Waals surface area contributed by atoms with Crippen LogP contribution in [0.4, 0.5) is 0 Å². The van der Waals surface area contributed by atoms with E-state index in [-0.39, 0.29) is 18.0 Å². The van der Waals surface area contributed by atoms with Gasteiger partial charge in [-0.05, 0) is 57.2 Å². The maximum Gasteiger partial charge on any atom is 0.347 e. The van der Waals surface area contributed by atoms with E-state index in [0.717, 1.165) is 42.2 Å². The Balaban J connectivity index is 2.14. The average Bonchev–Trinajstić information content (AvgIpc) is 2.62. The lowest BCUT2D eigenvalue weighted by Crippen LogP contribution is -2.26. The molecule has 0 bridgehead atoms. The second-order valence-corrected chi connectivity index (χ2v) is 6.04. The predicted octanol–water partition coefficient (Wildman–Crippen LogP) is 3.01. The van der Waals surface area contributed by atoms with E-state index in [1.165, 1.54) is 7.11 Å². The summed E-state index contributed by atoms with van der Waals surface area (Å²) < 4.78 is 21.7. The van der Waals surface area contributed by atoms with E-state index >= 15 is 0 Å². The van der Waals surface area contributed by atoms with Gasteiger partial charge in [-0.15, -0.1) is 0 Å². The highest BCUT2D eigenvalue weighted by molar-refractivity contribution is 5.89. The van der Waals surface area contributed by atoms with Gasteiger partial charge in [0.25, 0.3) is 0 Å². The van der Waals surface area contributed by atoms with Crippen molar-refractivity contribution in [2.45, 2.75) is 45.6 Å². The number of rotatable bonds is 5. The van der Waals surface area contributed by atoms with Crippen LogP contribution in [0.1, 0.15) is 37.8 Å². The molecule has 0 aliphatic heterocycles. The summed E-state index contributed by atoms with van der Waals surface area (Å²) in [6.45, 7) is 3.59. The Kier molecular flexibility index (Phi) is 4.97. The van der Waals surface area contributed by atoms with Crippen LogP contribution in [0.3, 0.4) is 0 Å². The number of hydrogen-bond acceptors (Lipinski definition) is 6. The van der Waals surface area contributed by atoms with E-state index in [1.807, 2.05) is 6.07 Å². The molecule has 1 aromatic heterocycles. The number of benzene rings is 1. The molecule has 0 saturated carbocycles. The van der Waals surface area contributed by atoms with Gasteiger partial charge in [-0.25, -0.2) is 9.59 Å². The summed E-state index contributed by atoms with van der Waals surface area (Å²) in [6.07, 6.45) is 2.74. The predicted molar refractivity (Wildman–Crippen MR) is 92.4 cm³/mol. The van der Waals surface area contributed by atoms with Crippen LogP contribution < -0.4 is 15.1 Å². The molecule has 0 saturated heterocycles. The van der Waals surface area contributed by atoms with Gasteiger partial charge in [0.1, 0.15) is 0 Å². The first-order valence-electron chi connectivity index (χ1n) is 8.55. The van der Waals surface area contributed by atoms with E-state index < -0.39 is 12.1 Å². The second kappa shape index (κ2) is 7.17. The van der Waals surface area contributed by atoms with Crippen LogP contribution in [0.2, 0.25) is 0 Å². The van der Waals surface area contributed by atoms with E-state index in [4.69, 9.17) is 18.6 Å². The zero-order valence-electron chi connectivity index (χ0n) is 14.7. The normalized spacial score (nSPS) is 14.7. The van der Waals surface area contributed by atoms with Crippen LogP contribution in [-0.2, 0) is 22.4 Å². The third kappa shape index (κ3) is 3.21. The molecule has 0 N–H and O–H groups in total. The fraction of sp³-hybridized carbons (Fsp3) is 0.474. The van der Waals surface area contributed by atoms with E-state index in [9.17, 15) is 9.59 Å². The molecule has 0 radical (unpaired) electrons. The molecule has 0 amide bonds. The number of aryl methyl sites for hydroxylation is 1. The summed E-state index contributed by atoms with van der Waals surface area (Å²) in [5, 5.41) is 0.834. The third-order valence-electron chi connectivity index (χ3n) is 4.44. The Hall–Kier alpha value is -2.50. The smallest absolute Gasteiger partial charge is 0.347 e. The lowest BCUT2D eigenvalue weighted by atomic mass is 9.90. The number of carbonyl (C=O) groups is 1. The number of hydrogen-bond donors (Lipinski definition) is 0. The minimum Gasteiger partial charge on any atom is -0.493 e. The van der Waals surface area contributed by atoms with Crippen molar-refractivity contribution in [3.8, 4) is 11.5 Å². The quantitative estimate of drug-likeness (QED) is 0.612. The summed E-state index contributed by atoms with van der Waals surface area (Å²) in [5.41, 5.74) is 1.73. The number of methoxy groups -OCH3 is 1. The maximum absolute atomic E-state index is 12.4. The van der Waals surface area contributed by atoms with Crippen molar-refractivity contribution in [2.24, 2.45) is 0 Å². The van der Waals surface area contributed by atoms with E-state index in [2.05, 4.69) is 0 Å². The van der Waals surface area contributed by atoms with Gasteiger partial charge in [0.2, 0.25) is 5.75 Å². The van der Waals surface area contributed by atoms with Crippen molar-refractivity contribution in [3.63, 3.8) is 0 Å². The molecule has 134 valence electrons. The summed E-state index contributed by atoms with van der Waals surface area (Å²) in [5.74, 6) is 0.176. The molecule has 1 atom stereocenters. The van der Waals surface area contributed by atoms with Crippen LogP contribution in [0.5, 0.6) is 11.5 Å². The molecule has 6 heteroatoms. The molecule has 2 aromatic rings. The van der Waals surface area contributed by atoms with Gasteiger partial charge in [-0.3, -0.25) is 0 Å². The highest BCUT2D eigenvalue weighted by Gasteiger charge is 2.25. The zero-order valence-corrected chi connectivity index (χ0v) is 14.7. The minimum absolute atomic E-state index is 0.256. The fourth-order valence-electron chi connectivity index (χ4n) is 3.22. The Morgan fingerprint density at radius 3 is 2.64 bits per heavy atom. The number of esters is 1. The zero-order chi connectivity index (χ0) is 18.0. The van der Waals surface area contributed by atoms with E-state index in [1.54, 1.807) is 19.9 Å². The number of fused-ring (bicyclic) bond motifs is 3. The summed E-state index contributed by atoms with van der Waals surface area (Å²) in [4.78, 5) is 24.3. The van der Waals surface area contributed by atoms with Gasteiger partial charge in [-0.2, -0.15) is 0 Å². The Morgan fingerprint density at radius 1 is 1.24 bits per heavy atom. The van der Waals surface area contributed by atoms with Crippen LogP contribution in [0.25, 0.3) is 11.0 Å². The van der Waals surface area contributed by atoms with Crippen molar-refractivity contribution in [3.05, 3.63) is 33.7 Å². The highest BCUT2D eigenvalue weighted by atomic mass is 16.6. The first kappa shape index (κ1) is 17.3. The molecule has 0 spiro atoms. The summed E-state index contributed by atoms with van der Waals surface area (Å²) in [6, 6.07) is 3.65. The Bertz CT molecular complexity index is 851. The Labute approximate surface area is 145 Å². The van der Waals surface area contributed by atoms with Crippen molar-refractivity contribution in [2.75, 3.05) is 13.7 Å². The second-order valence-electron chi connectivity index (χ2n) is 6.04. The van der Waals surface area contributed by atoms with Crippen LogP contribution in [0, 0.1) is 0 Å². The van der Waals surface area contributed by atoms with Gasteiger partial charge < -0.3 is 18.6 Å². The number of ether oxygens (including phenoxy) is 3. The Morgan fingerprint density at radius 2 is 1.96 bits per heavy atom. The molecule has 0 fully saturated rings. The average molecular weight is 346 g/mol. The van der Waals surface area contributed by atoms with Gasteiger partial charge in [0.15, 0.2) is 17.4 Å². The SMILES string of the molecule is CCOC(=O)[C@@H](C)Oc1c(OC)ccc2c3c(c(=O)oc12)CCCC3. The van der Waals surface area contributed by atoms with Crippen molar-refractivity contribution in [1.82, 2.24) is 0 Å². The molecule has 6 nitrogen and oxygen atoms in total. The first-order valence-corrected chi connectivity index (χ1v) is 8.55.